The van der Waals surface area contributed by atoms with Crippen LogP contribution < -0.4 is 10.6 Å². The van der Waals surface area contributed by atoms with Gasteiger partial charge in [-0.3, -0.25) is 4.99 Å². The van der Waals surface area contributed by atoms with Gasteiger partial charge in [0, 0.05) is 39.1 Å². The van der Waals surface area contributed by atoms with Crippen molar-refractivity contribution >= 4 is 29.9 Å². The molecule has 2 aromatic rings. The zero-order valence-electron chi connectivity index (χ0n) is 12.5. The number of nitrogens with zero attached hydrogens (tertiary/aromatic N) is 2. The van der Waals surface area contributed by atoms with Crippen LogP contribution in [0.25, 0.3) is 0 Å². The van der Waals surface area contributed by atoms with E-state index in [2.05, 4.69) is 63.8 Å². The van der Waals surface area contributed by atoms with Crippen LogP contribution in [0.1, 0.15) is 11.1 Å². The van der Waals surface area contributed by atoms with Crippen molar-refractivity contribution in [1.82, 2.24) is 15.2 Å². The van der Waals surface area contributed by atoms with Crippen molar-refractivity contribution in [3.05, 3.63) is 59.9 Å². The molecule has 114 valence electrons. The van der Waals surface area contributed by atoms with Gasteiger partial charge in [0.1, 0.15) is 0 Å². The maximum Gasteiger partial charge on any atom is 0.191 e. The van der Waals surface area contributed by atoms with Crippen molar-refractivity contribution in [2.24, 2.45) is 4.99 Å². The molecule has 5 heteroatoms. The van der Waals surface area contributed by atoms with Crippen molar-refractivity contribution in [2.45, 2.75) is 20.0 Å². The molecule has 0 amide bonds. The van der Waals surface area contributed by atoms with Crippen LogP contribution in [0.15, 0.2) is 53.8 Å². The smallest absolute Gasteiger partial charge is 0.191 e. The Kier molecular flexibility index (Phi) is 7.89. The molecule has 0 aliphatic carbocycles. The summed E-state index contributed by atoms with van der Waals surface area (Å²) in [7, 11) is 1.79. The summed E-state index contributed by atoms with van der Waals surface area (Å²) in [5.74, 6) is 0.832. The third-order valence-electron chi connectivity index (χ3n) is 3.09. The molecule has 0 radical (unpaired) electrons. The van der Waals surface area contributed by atoms with E-state index >= 15 is 0 Å². The maximum absolute atomic E-state index is 4.23. The van der Waals surface area contributed by atoms with Gasteiger partial charge < -0.3 is 15.2 Å². The molecule has 1 aromatic carbocycles. The second kappa shape index (κ2) is 9.44. The third kappa shape index (κ3) is 6.20. The minimum atomic E-state index is 0. The predicted molar refractivity (Wildman–Crippen MR) is 99.2 cm³/mol. The number of nitrogens with one attached hydrogen (secondary N) is 2. The monoisotopic (exact) mass is 398 g/mol. The van der Waals surface area contributed by atoms with Crippen LogP contribution in [0.2, 0.25) is 0 Å². The molecule has 1 aromatic heterocycles. The van der Waals surface area contributed by atoms with Crippen LogP contribution in [-0.4, -0.2) is 24.1 Å². The minimum Gasteiger partial charge on any atom is -0.355 e. The molecule has 2 N–H and O–H groups in total. The summed E-state index contributed by atoms with van der Waals surface area (Å²) in [6.45, 7) is 4.67. The quantitative estimate of drug-likeness (QED) is 0.462. The number of aromatic nitrogens is 1. The number of benzene rings is 1. The molecule has 0 atom stereocenters. The molecule has 0 saturated heterocycles. The van der Waals surface area contributed by atoms with Gasteiger partial charge in [-0.25, -0.2) is 0 Å². The van der Waals surface area contributed by atoms with E-state index in [1.54, 1.807) is 7.05 Å². The van der Waals surface area contributed by atoms with Gasteiger partial charge in [0.05, 0.1) is 0 Å². The van der Waals surface area contributed by atoms with Crippen molar-refractivity contribution in [1.29, 1.82) is 0 Å². The number of rotatable bonds is 5. The fourth-order valence-electron chi connectivity index (χ4n) is 2.05. The van der Waals surface area contributed by atoms with Gasteiger partial charge in [-0.1, -0.05) is 29.8 Å². The van der Waals surface area contributed by atoms with Gasteiger partial charge in [-0.2, -0.15) is 0 Å². The lowest BCUT2D eigenvalue weighted by Crippen LogP contribution is -2.38. The molecule has 4 nitrogen and oxygen atoms in total. The van der Waals surface area contributed by atoms with E-state index < -0.39 is 0 Å². The largest absolute Gasteiger partial charge is 0.355 e. The Bertz CT molecular complexity index is 549. The number of hydrogen-bond donors (Lipinski definition) is 2. The van der Waals surface area contributed by atoms with Crippen LogP contribution in [0.3, 0.4) is 0 Å². The molecule has 1 heterocycles. The van der Waals surface area contributed by atoms with Crippen molar-refractivity contribution in [2.75, 3.05) is 13.6 Å². The number of halogens is 1. The first kappa shape index (κ1) is 17.6. The Morgan fingerprint density at radius 3 is 2.57 bits per heavy atom. The molecular weight excluding hydrogens is 375 g/mol. The van der Waals surface area contributed by atoms with Gasteiger partial charge in [0.15, 0.2) is 5.96 Å². The lowest BCUT2D eigenvalue weighted by molar-refractivity contribution is 0.665. The zero-order chi connectivity index (χ0) is 14.2. The van der Waals surface area contributed by atoms with Crippen LogP contribution >= 0.6 is 24.0 Å². The Morgan fingerprint density at radius 1 is 1.14 bits per heavy atom. The van der Waals surface area contributed by atoms with Crippen LogP contribution in [0.4, 0.5) is 0 Å². The first-order valence-corrected chi connectivity index (χ1v) is 6.89. The zero-order valence-corrected chi connectivity index (χ0v) is 14.9. The maximum atomic E-state index is 4.23. The summed E-state index contributed by atoms with van der Waals surface area (Å²) >= 11 is 0. The van der Waals surface area contributed by atoms with Gasteiger partial charge >= 0.3 is 0 Å². The molecule has 0 fully saturated rings. The average molecular weight is 398 g/mol. The van der Waals surface area contributed by atoms with Gasteiger partial charge in [-0.15, -0.1) is 24.0 Å². The van der Waals surface area contributed by atoms with E-state index in [1.807, 2.05) is 12.1 Å². The Labute approximate surface area is 143 Å². The summed E-state index contributed by atoms with van der Waals surface area (Å²) in [6, 6.07) is 12.5. The first-order chi connectivity index (χ1) is 9.78. The van der Waals surface area contributed by atoms with Gasteiger partial charge in [-0.05, 0) is 24.6 Å². The second-order valence-corrected chi connectivity index (χ2v) is 4.76. The van der Waals surface area contributed by atoms with E-state index in [-0.39, 0.29) is 24.0 Å². The molecule has 2 rings (SSSR count). The molecule has 21 heavy (non-hydrogen) atoms. The van der Waals surface area contributed by atoms with E-state index in [0.29, 0.717) is 0 Å². The Morgan fingerprint density at radius 2 is 1.90 bits per heavy atom. The van der Waals surface area contributed by atoms with Crippen molar-refractivity contribution in [3.8, 4) is 0 Å². The van der Waals surface area contributed by atoms with Crippen LogP contribution in [0, 0.1) is 6.92 Å². The fraction of sp³-hybridized carbons (Fsp3) is 0.312. The SMILES string of the molecule is CN=C(NCCn1cccc1)NCc1cccc(C)c1.I. The lowest BCUT2D eigenvalue weighted by atomic mass is 10.1. The molecular formula is C16H23IN4. The van der Waals surface area contributed by atoms with Crippen LogP contribution in [0.5, 0.6) is 0 Å². The fourth-order valence-corrected chi connectivity index (χ4v) is 2.05. The van der Waals surface area contributed by atoms with Crippen molar-refractivity contribution in [3.63, 3.8) is 0 Å². The summed E-state index contributed by atoms with van der Waals surface area (Å²) < 4.78 is 2.14. The van der Waals surface area contributed by atoms with E-state index in [9.17, 15) is 0 Å². The molecule has 0 aliphatic rings. The van der Waals surface area contributed by atoms with Crippen LogP contribution in [-0.2, 0) is 13.1 Å². The van der Waals surface area contributed by atoms with E-state index in [1.165, 1.54) is 11.1 Å². The van der Waals surface area contributed by atoms with E-state index in [0.717, 1.165) is 25.6 Å². The summed E-state index contributed by atoms with van der Waals surface area (Å²) in [5.41, 5.74) is 2.54. The first-order valence-electron chi connectivity index (χ1n) is 6.89. The molecule has 0 saturated carbocycles. The number of hydrogen-bond acceptors (Lipinski definition) is 1. The summed E-state index contributed by atoms with van der Waals surface area (Å²) in [5, 5.41) is 6.63. The highest BCUT2D eigenvalue weighted by molar-refractivity contribution is 14.0. The standard InChI is InChI=1S/C16H22N4.HI/c1-14-6-5-7-15(12-14)13-19-16(17-2)18-8-11-20-9-3-4-10-20;/h3-7,9-10,12H,8,11,13H2,1-2H3,(H2,17,18,19);1H. The predicted octanol–water partition coefficient (Wildman–Crippen LogP) is 2.78. The van der Waals surface area contributed by atoms with Crippen molar-refractivity contribution < 1.29 is 0 Å². The second-order valence-electron chi connectivity index (χ2n) is 4.76. The average Bonchev–Trinajstić information content (AvgIpc) is 2.96. The number of guanidine groups is 1. The third-order valence-corrected chi connectivity index (χ3v) is 3.09. The van der Waals surface area contributed by atoms with Gasteiger partial charge in [0.25, 0.3) is 0 Å². The Hall–Kier alpha value is -1.50. The highest BCUT2D eigenvalue weighted by atomic mass is 127. The van der Waals surface area contributed by atoms with Gasteiger partial charge in [0.2, 0.25) is 0 Å². The summed E-state index contributed by atoms with van der Waals surface area (Å²) in [6.07, 6.45) is 4.12. The van der Waals surface area contributed by atoms with E-state index in [4.69, 9.17) is 0 Å². The molecule has 0 unspecified atom stereocenters. The number of aryl methyl sites for hydroxylation is 1. The minimum absolute atomic E-state index is 0. The molecule has 0 bridgehead atoms. The summed E-state index contributed by atoms with van der Waals surface area (Å²) in [4.78, 5) is 4.23. The lowest BCUT2D eigenvalue weighted by Gasteiger charge is -2.12. The topological polar surface area (TPSA) is 41.4 Å². The Balaban J connectivity index is 0.00000220. The highest BCUT2D eigenvalue weighted by Gasteiger charge is 1.98. The molecule has 0 spiro atoms. The molecule has 0 aliphatic heterocycles. The normalized spacial score (nSPS) is 10.9. The number of aliphatic imine (C=N–C) groups is 1. The highest BCUT2D eigenvalue weighted by Crippen LogP contribution is 2.02.